The number of rotatable bonds is 19. The molecule has 0 unspecified atom stereocenters. The van der Waals surface area contributed by atoms with E-state index in [2.05, 4.69) is 25.7 Å². The molecular formula is C25H46. The molecule has 0 heteroatoms. The molecule has 146 valence electrons. The smallest absolute Gasteiger partial charge is 0.00886 e. The van der Waals surface area contributed by atoms with Crippen LogP contribution in [0.3, 0.4) is 0 Å². The largest absolute Gasteiger partial charge is 0.103 e. The Hall–Kier alpha value is -0.440. The normalized spacial score (nSPS) is 10.6. The molecule has 0 aromatic carbocycles. The van der Waals surface area contributed by atoms with E-state index in [0.29, 0.717) is 0 Å². The lowest BCUT2D eigenvalue weighted by atomic mass is 10.0. The van der Waals surface area contributed by atoms with Crippen molar-refractivity contribution in [3.63, 3.8) is 0 Å². The quantitative estimate of drug-likeness (QED) is 0.162. The molecule has 2 radical (unpaired) electrons. The van der Waals surface area contributed by atoms with Crippen molar-refractivity contribution in [3.05, 3.63) is 13.8 Å². The third kappa shape index (κ3) is 23.6. The van der Waals surface area contributed by atoms with Crippen molar-refractivity contribution in [2.24, 2.45) is 0 Å². The number of unbranched alkanes of at least 4 members (excludes halogenated alkanes) is 19. The topological polar surface area (TPSA) is 0 Å². The van der Waals surface area contributed by atoms with Crippen LogP contribution in [-0.4, -0.2) is 0 Å². The van der Waals surface area contributed by atoms with E-state index in [1.807, 2.05) is 0 Å². The summed E-state index contributed by atoms with van der Waals surface area (Å²) in [5.74, 6) is 6.73. The zero-order chi connectivity index (χ0) is 18.3. The maximum absolute atomic E-state index is 3.90. The van der Waals surface area contributed by atoms with Crippen LogP contribution in [0.25, 0.3) is 0 Å². The minimum absolute atomic E-state index is 1.10. The standard InChI is InChI=1S/C25H46/c1-3-5-7-9-11-13-15-17-19-21-23-25-24-22-20-18-16-14-12-10-8-6-4-2/h1-19,21,23-25H2. The second kappa shape index (κ2) is 23.6. The van der Waals surface area contributed by atoms with Gasteiger partial charge < -0.3 is 0 Å². The molecule has 0 saturated heterocycles. The van der Waals surface area contributed by atoms with Gasteiger partial charge >= 0.3 is 0 Å². The van der Waals surface area contributed by atoms with Crippen LogP contribution < -0.4 is 0 Å². The Labute approximate surface area is 160 Å². The van der Waals surface area contributed by atoms with Crippen molar-refractivity contribution in [1.82, 2.24) is 0 Å². The van der Waals surface area contributed by atoms with Crippen LogP contribution in [0, 0.1) is 25.7 Å². The van der Waals surface area contributed by atoms with Crippen LogP contribution in [0.1, 0.15) is 135 Å². The van der Waals surface area contributed by atoms with Gasteiger partial charge in [0.1, 0.15) is 0 Å². The van der Waals surface area contributed by atoms with Gasteiger partial charge in [0.2, 0.25) is 0 Å². The van der Waals surface area contributed by atoms with E-state index in [9.17, 15) is 0 Å². The van der Waals surface area contributed by atoms with E-state index < -0.39 is 0 Å². The van der Waals surface area contributed by atoms with Gasteiger partial charge in [-0.25, -0.2) is 0 Å². The van der Waals surface area contributed by atoms with Crippen molar-refractivity contribution < 1.29 is 0 Å². The monoisotopic (exact) mass is 346 g/mol. The van der Waals surface area contributed by atoms with E-state index in [0.717, 1.165) is 25.7 Å². The van der Waals surface area contributed by atoms with Crippen LogP contribution >= 0.6 is 0 Å². The molecule has 0 saturated carbocycles. The summed E-state index contributed by atoms with van der Waals surface area (Å²) >= 11 is 0. The summed E-state index contributed by atoms with van der Waals surface area (Å²) < 4.78 is 0. The van der Waals surface area contributed by atoms with E-state index in [1.165, 1.54) is 109 Å². The van der Waals surface area contributed by atoms with Gasteiger partial charge in [0, 0.05) is 12.8 Å². The first-order valence-electron chi connectivity index (χ1n) is 11.5. The van der Waals surface area contributed by atoms with Crippen molar-refractivity contribution in [3.8, 4) is 11.8 Å². The summed E-state index contributed by atoms with van der Waals surface area (Å²) in [5.41, 5.74) is 0. The summed E-state index contributed by atoms with van der Waals surface area (Å²) in [5, 5.41) is 0. The van der Waals surface area contributed by atoms with Gasteiger partial charge in [-0.05, 0) is 12.8 Å². The van der Waals surface area contributed by atoms with Crippen molar-refractivity contribution in [1.29, 1.82) is 0 Å². The molecule has 0 bridgehead atoms. The number of hydrogen-bond donors (Lipinski definition) is 0. The van der Waals surface area contributed by atoms with Crippen LogP contribution in [-0.2, 0) is 0 Å². The SMILES string of the molecule is [CH2]CCCCCCCCC#CCCCCCCCCCCCCC[CH2]. The Morgan fingerprint density at radius 3 is 0.840 bits per heavy atom. The predicted molar refractivity (Wildman–Crippen MR) is 115 cm³/mol. The fourth-order valence-corrected chi connectivity index (χ4v) is 3.26. The van der Waals surface area contributed by atoms with Crippen LogP contribution in [0.2, 0.25) is 0 Å². The average Bonchev–Trinajstić information content (AvgIpc) is 2.63. The van der Waals surface area contributed by atoms with Gasteiger partial charge in [0.25, 0.3) is 0 Å². The first-order valence-corrected chi connectivity index (χ1v) is 11.5. The molecule has 0 amide bonds. The lowest BCUT2D eigenvalue weighted by molar-refractivity contribution is 0.548. The van der Waals surface area contributed by atoms with E-state index in [4.69, 9.17) is 0 Å². The molecule has 0 heterocycles. The predicted octanol–water partition coefficient (Wildman–Crippen LogP) is 8.85. The Bertz CT molecular complexity index is 280. The minimum Gasteiger partial charge on any atom is -0.103 e. The molecule has 0 N–H and O–H groups in total. The first-order chi connectivity index (χ1) is 12.4. The molecule has 0 rings (SSSR count). The molecular weight excluding hydrogens is 300 g/mol. The maximum atomic E-state index is 3.90. The first kappa shape index (κ1) is 24.6. The van der Waals surface area contributed by atoms with Gasteiger partial charge in [-0.2, -0.15) is 0 Å². The minimum atomic E-state index is 1.10. The van der Waals surface area contributed by atoms with Crippen molar-refractivity contribution in [2.45, 2.75) is 135 Å². The second-order valence-corrected chi connectivity index (χ2v) is 7.57. The lowest BCUT2D eigenvalue weighted by Gasteiger charge is -2.01. The molecule has 0 aliphatic heterocycles. The number of hydrogen-bond acceptors (Lipinski definition) is 0. The molecule has 0 atom stereocenters. The maximum Gasteiger partial charge on any atom is 0.00886 e. The second-order valence-electron chi connectivity index (χ2n) is 7.57. The Kier molecular flexibility index (Phi) is 23.1. The molecule has 0 aliphatic rings. The molecule has 25 heavy (non-hydrogen) atoms. The van der Waals surface area contributed by atoms with Crippen LogP contribution in [0.5, 0.6) is 0 Å². The Morgan fingerprint density at radius 1 is 0.320 bits per heavy atom. The van der Waals surface area contributed by atoms with Gasteiger partial charge in [-0.15, -0.1) is 11.8 Å². The summed E-state index contributed by atoms with van der Waals surface area (Å²) in [4.78, 5) is 0. The molecule has 0 aromatic rings. The summed E-state index contributed by atoms with van der Waals surface area (Å²) in [6, 6.07) is 0. The van der Waals surface area contributed by atoms with Crippen LogP contribution in [0.15, 0.2) is 0 Å². The highest BCUT2D eigenvalue weighted by Crippen LogP contribution is 2.12. The Balaban J connectivity index is 3.07. The molecule has 0 spiro atoms. The molecule has 0 aromatic heterocycles. The van der Waals surface area contributed by atoms with Gasteiger partial charge in [0.05, 0.1) is 0 Å². The van der Waals surface area contributed by atoms with Gasteiger partial charge in [0.15, 0.2) is 0 Å². The van der Waals surface area contributed by atoms with Gasteiger partial charge in [-0.1, -0.05) is 123 Å². The van der Waals surface area contributed by atoms with Crippen LogP contribution in [0.4, 0.5) is 0 Å². The van der Waals surface area contributed by atoms with Gasteiger partial charge in [-0.3, -0.25) is 0 Å². The zero-order valence-electron chi connectivity index (χ0n) is 17.3. The summed E-state index contributed by atoms with van der Waals surface area (Å²) in [6.07, 6.45) is 28.0. The van der Waals surface area contributed by atoms with Crippen molar-refractivity contribution in [2.75, 3.05) is 0 Å². The highest BCUT2D eigenvalue weighted by Gasteiger charge is 1.93. The van der Waals surface area contributed by atoms with E-state index >= 15 is 0 Å². The Morgan fingerprint density at radius 2 is 0.560 bits per heavy atom. The zero-order valence-corrected chi connectivity index (χ0v) is 17.3. The van der Waals surface area contributed by atoms with Crippen molar-refractivity contribution >= 4 is 0 Å². The summed E-state index contributed by atoms with van der Waals surface area (Å²) in [6.45, 7) is 7.79. The summed E-state index contributed by atoms with van der Waals surface area (Å²) in [7, 11) is 0. The lowest BCUT2D eigenvalue weighted by Crippen LogP contribution is -1.82. The fourth-order valence-electron chi connectivity index (χ4n) is 3.26. The average molecular weight is 347 g/mol. The fraction of sp³-hybridized carbons (Fsp3) is 0.840. The van der Waals surface area contributed by atoms with E-state index in [1.54, 1.807) is 0 Å². The molecule has 0 nitrogen and oxygen atoms in total. The third-order valence-electron chi connectivity index (χ3n) is 4.98. The third-order valence-corrected chi connectivity index (χ3v) is 4.98. The highest BCUT2D eigenvalue weighted by molar-refractivity contribution is 4.98. The van der Waals surface area contributed by atoms with E-state index in [-0.39, 0.29) is 0 Å². The molecule has 0 aliphatic carbocycles. The molecule has 0 fully saturated rings. The highest BCUT2D eigenvalue weighted by atomic mass is 14.0.